The lowest BCUT2D eigenvalue weighted by atomic mass is 10.2. The number of amides is 2. The van der Waals surface area contributed by atoms with Crippen molar-refractivity contribution in [2.75, 3.05) is 18.9 Å². The summed E-state index contributed by atoms with van der Waals surface area (Å²) < 4.78 is 0. The van der Waals surface area contributed by atoms with Crippen molar-refractivity contribution >= 4 is 17.5 Å². The van der Waals surface area contributed by atoms with Crippen LogP contribution in [-0.2, 0) is 4.79 Å². The van der Waals surface area contributed by atoms with Crippen LogP contribution in [-0.4, -0.2) is 31.4 Å². The van der Waals surface area contributed by atoms with Gasteiger partial charge in [0.2, 0.25) is 5.91 Å². The maximum atomic E-state index is 11.8. The molecule has 1 heterocycles. The minimum Gasteiger partial charge on any atom is -0.388 e. The van der Waals surface area contributed by atoms with Gasteiger partial charge in [-0.25, -0.2) is 0 Å². The Bertz CT molecular complexity index is 442. The summed E-state index contributed by atoms with van der Waals surface area (Å²) in [7, 11) is 1.83. The molecule has 1 unspecified atom stereocenters. The van der Waals surface area contributed by atoms with E-state index in [0.717, 1.165) is 12.1 Å². The molecule has 1 aromatic rings. The summed E-state index contributed by atoms with van der Waals surface area (Å²) in [6, 6.07) is 7.32. The molecule has 1 saturated heterocycles. The van der Waals surface area contributed by atoms with Crippen LogP contribution < -0.4 is 16.0 Å². The van der Waals surface area contributed by atoms with Crippen molar-refractivity contribution in [3.63, 3.8) is 0 Å². The van der Waals surface area contributed by atoms with Gasteiger partial charge in [0.05, 0.1) is 0 Å². The lowest BCUT2D eigenvalue weighted by Crippen LogP contribution is -2.38. The zero-order valence-electron chi connectivity index (χ0n) is 10.3. The zero-order chi connectivity index (χ0) is 13.0. The molecule has 5 heteroatoms. The maximum absolute atomic E-state index is 11.8. The third-order valence-corrected chi connectivity index (χ3v) is 3.03. The predicted molar refractivity (Wildman–Crippen MR) is 69.5 cm³/mol. The molecule has 0 aliphatic carbocycles. The van der Waals surface area contributed by atoms with E-state index in [-0.39, 0.29) is 17.9 Å². The van der Waals surface area contributed by atoms with Crippen LogP contribution in [0.5, 0.6) is 0 Å². The molecule has 2 amide bonds. The molecule has 2 rings (SSSR count). The summed E-state index contributed by atoms with van der Waals surface area (Å²) in [5.41, 5.74) is 1.59. The monoisotopic (exact) mass is 247 g/mol. The summed E-state index contributed by atoms with van der Waals surface area (Å²) in [4.78, 5) is 22.8. The highest BCUT2D eigenvalue weighted by Gasteiger charge is 2.20. The van der Waals surface area contributed by atoms with Crippen molar-refractivity contribution in [3.8, 4) is 0 Å². The van der Waals surface area contributed by atoms with Gasteiger partial charge in [-0.3, -0.25) is 9.59 Å². The summed E-state index contributed by atoms with van der Waals surface area (Å²) in [5.74, 6) is -0.0496. The van der Waals surface area contributed by atoms with E-state index in [4.69, 9.17) is 0 Å². The Balaban J connectivity index is 1.85. The average Bonchev–Trinajstić information content (AvgIpc) is 2.82. The number of rotatable bonds is 4. The van der Waals surface area contributed by atoms with E-state index in [2.05, 4.69) is 16.0 Å². The molecular weight excluding hydrogens is 230 g/mol. The van der Waals surface area contributed by atoms with E-state index in [1.54, 1.807) is 12.1 Å². The lowest BCUT2D eigenvalue weighted by molar-refractivity contribution is -0.119. The number of anilines is 1. The Morgan fingerprint density at radius 2 is 2.11 bits per heavy atom. The number of carbonyl (C=O) groups is 2. The maximum Gasteiger partial charge on any atom is 0.251 e. The van der Waals surface area contributed by atoms with Crippen molar-refractivity contribution < 1.29 is 9.59 Å². The van der Waals surface area contributed by atoms with Gasteiger partial charge in [-0.1, -0.05) is 0 Å². The third kappa shape index (κ3) is 3.00. The summed E-state index contributed by atoms with van der Waals surface area (Å²) >= 11 is 0. The molecule has 18 heavy (non-hydrogen) atoms. The first-order valence-electron chi connectivity index (χ1n) is 6.04. The topological polar surface area (TPSA) is 70.2 Å². The van der Waals surface area contributed by atoms with Gasteiger partial charge in [-0.2, -0.15) is 0 Å². The van der Waals surface area contributed by atoms with Gasteiger partial charge in [-0.15, -0.1) is 0 Å². The summed E-state index contributed by atoms with van der Waals surface area (Å²) in [5, 5.41) is 8.64. The molecule has 5 nitrogen and oxygen atoms in total. The normalized spacial score (nSPS) is 18.3. The van der Waals surface area contributed by atoms with Gasteiger partial charge < -0.3 is 16.0 Å². The van der Waals surface area contributed by atoms with Crippen LogP contribution in [0.15, 0.2) is 24.3 Å². The first-order chi connectivity index (χ1) is 8.69. The van der Waals surface area contributed by atoms with Crippen molar-refractivity contribution in [2.45, 2.75) is 18.9 Å². The van der Waals surface area contributed by atoms with Crippen LogP contribution in [0, 0.1) is 0 Å². The van der Waals surface area contributed by atoms with Crippen LogP contribution in [0.4, 0.5) is 5.69 Å². The molecule has 0 saturated carbocycles. The number of hydrogen-bond donors (Lipinski definition) is 3. The summed E-state index contributed by atoms with van der Waals surface area (Å²) in [6.07, 6.45) is 1.34. The lowest BCUT2D eigenvalue weighted by Gasteiger charge is -2.11. The van der Waals surface area contributed by atoms with Gasteiger partial charge in [-0.05, 0) is 30.7 Å². The number of benzene rings is 1. The van der Waals surface area contributed by atoms with E-state index in [9.17, 15) is 9.59 Å². The molecule has 1 aromatic carbocycles. The minimum absolute atomic E-state index is 0.0626. The Labute approximate surface area is 106 Å². The van der Waals surface area contributed by atoms with Gasteiger partial charge in [0.15, 0.2) is 0 Å². The molecular formula is C13H17N3O2. The second-order valence-corrected chi connectivity index (χ2v) is 4.34. The molecule has 0 aromatic heterocycles. The molecule has 3 N–H and O–H groups in total. The van der Waals surface area contributed by atoms with Gasteiger partial charge in [0.1, 0.15) is 0 Å². The fraction of sp³-hybridized carbons (Fsp3) is 0.385. The first-order valence-corrected chi connectivity index (χ1v) is 6.04. The fourth-order valence-corrected chi connectivity index (χ4v) is 1.94. The third-order valence-electron chi connectivity index (χ3n) is 3.03. The molecule has 0 spiro atoms. The number of hydrogen-bond acceptors (Lipinski definition) is 3. The second kappa shape index (κ2) is 5.53. The van der Waals surface area contributed by atoms with Gasteiger partial charge in [0.25, 0.3) is 5.91 Å². The Hall–Kier alpha value is -2.04. The van der Waals surface area contributed by atoms with Gasteiger partial charge in [0, 0.05) is 37.3 Å². The number of carbonyl (C=O) groups excluding carboxylic acids is 2. The smallest absolute Gasteiger partial charge is 0.251 e. The van der Waals surface area contributed by atoms with E-state index < -0.39 is 0 Å². The second-order valence-electron chi connectivity index (χ2n) is 4.34. The minimum atomic E-state index is -0.112. The van der Waals surface area contributed by atoms with Crippen LogP contribution in [0.1, 0.15) is 23.2 Å². The van der Waals surface area contributed by atoms with Crippen molar-refractivity contribution in [3.05, 3.63) is 29.8 Å². The van der Waals surface area contributed by atoms with Crippen LogP contribution >= 0.6 is 0 Å². The first kappa shape index (κ1) is 12.4. The molecule has 96 valence electrons. The van der Waals surface area contributed by atoms with Crippen LogP contribution in [0.25, 0.3) is 0 Å². The van der Waals surface area contributed by atoms with Crippen LogP contribution in [0.2, 0.25) is 0 Å². The largest absolute Gasteiger partial charge is 0.388 e. The molecule has 0 radical (unpaired) electrons. The molecule has 0 bridgehead atoms. The average molecular weight is 247 g/mol. The number of nitrogens with one attached hydrogen (secondary N) is 3. The van der Waals surface area contributed by atoms with E-state index in [0.29, 0.717) is 18.5 Å². The summed E-state index contributed by atoms with van der Waals surface area (Å²) in [6.45, 7) is 0.484. The predicted octanol–water partition coefficient (Wildman–Crippen LogP) is 0.737. The highest BCUT2D eigenvalue weighted by Crippen LogP contribution is 2.09. The quantitative estimate of drug-likeness (QED) is 0.735. The molecule has 1 atom stereocenters. The van der Waals surface area contributed by atoms with Crippen molar-refractivity contribution in [1.29, 1.82) is 0 Å². The van der Waals surface area contributed by atoms with E-state index in [1.165, 1.54) is 0 Å². The van der Waals surface area contributed by atoms with Crippen molar-refractivity contribution in [2.24, 2.45) is 0 Å². The molecule has 1 fully saturated rings. The van der Waals surface area contributed by atoms with E-state index >= 15 is 0 Å². The van der Waals surface area contributed by atoms with Gasteiger partial charge >= 0.3 is 0 Å². The highest BCUT2D eigenvalue weighted by molar-refractivity contribution is 5.94. The standard InChI is InChI=1S/C13H17N3O2/c1-14-10-4-2-9(3-5-10)13(18)15-8-11-6-7-12(17)16-11/h2-5,11,14H,6-8H2,1H3,(H,15,18)(H,16,17). The highest BCUT2D eigenvalue weighted by atomic mass is 16.2. The molecule has 1 aliphatic rings. The van der Waals surface area contributed by atoms with Crippen LogP contribution in [0.3, 0.4) is 0 Å². The van der Waals surface area contributed by atoms with Crippen molar-refractivity contribution in [1.82, 2.24) is 10.6 Å². The zero-order valence-corrected chi connectivity index (χ0v) is 10.3. The molecule has 1 aliphatic heterocycles. The van der Waals surface area contributed by atoms with E-state index in [1.807, 2.05) is 19.2 Å². The Morgan fingerprint density at radius 1 is 1.39 bits per heavy atom. The Kier molecular flexibility index (Phi) is 3.82. The fourth-order valence-electron chi connectivity index (χ4n) is 1.94. The Morgan fingerprint density at radius 3 is 2.67 bits per heavy atom. The SMILES string of the molecule is CNc1ccc(C(=O)NCC2CCC(=O)N2)cc1.